The summed E-state index contributed by atoms with van der Waals surface area (Å²) < 4.78 is 7.35. The van der Waals surface area contributed by atoms with E-state index in [1.54, 1.807) is 10.7 Å². The number of rotatable bonds is 3. The van der Waals surface area contributed by atoms with Crippen molar-refractivity contribution < 1.29 is 9.53 Å². The van der Waals surface area contributed by atoms with Gasteiger partial charge >= 0.3 is 0 Å². The normalized spacial score (nSPS) is 13.4. The Hall–Kier alpha value is -4.13. The highest BCUT2D eigenvalue weighted by Crippen LogP contribution is 2.29. The van der Waals surface area contributed by atoms with E-state index in [2.05, 4.69) is 27.3 Å². The van der Waals surface area contributed by atoms with E-state index in [-0.39, 0.29) is 5.78 Å². The van der Waals surface area contributed by atoms with Gasteiger partial charge in [0.15, 0.2) is 17.3 Å². The second-order valence-electron chi connectivity index (χ2n) is 7.54. The molecule has 2 aromatic carbocycles. The second kappa shape index (κ2) is 6.98. The highest BCUT2D eigenvalue weighted by molar-refractivity contribution is 6.00. The number of fused-ring (bicyclic) bond motifs is 3. The van der Waals surface area contributed by atoms with Crippen LogP contribution in [-0.4, -0.2) is 37.2 Å². The Bertz CT molecular complexity index is 1470. The van der Waals surface area contributed by atoms with E-state index in [0.717, 1.165) is 33.5 Å². The van der Waals surface area contributed by atoms with Crippen molar-refractivity contribution in [2.45, 2.75) is 12.8 Å². The molecule has 5 aromatic rings. The standard InChI is InChI=1S/C24H17N5O2/c30-21-9-11-31-22-7-4-17(14-18(21)22)20-6-8-23-26-27-24(29(23)28-20)13-15-3-5-19-16(12-15)2-1-10-25-19/h1-8,10,12,14H,9,11,13H2. The summed E-state index contributed by atoms with van der Waals surface area (Å²) in [4.78, 5) is 16.6. The number of ketones is 1. The first-order valence-corrected chi connectivity index (χ1v) is 10.1. The number of hydrogen-bond donors (Lipinski definition) is 0. The molecule has 0 bridgehead atoms. The van der Waals surface area contributed by atoms with Gasteiger partial charge in [-0.1, -0.05) is 12.1 Å². The lowest BCUT2D eigenvalue weighted by molar-refractivity contribution is 0.0933. The maximum Gasteiger partial charge on any atom is 0.177 e. The Morgan fingerprint density at radius 1 is 1.00 bits per heavy atom. The Morgan fingerprint density at radius 2 is 1.97 bits per heavy atom. The van der Waals surface area contributed by atoms with Gasteiger partial charge in [0.05, 0.1) is 23.4 Å². The molecule has 3 aromatic heterocycles. The molecule has 0 spiro atoms. The van der Waals surface area contributed by atoms with Crippen LogP contribution in [0.4, 0.5) is 0 Å². The van der Waals surface area contributed by atoms with Gasteiger partial charge in [-0.15, -0.1) is 10.2 Å². The molecule has 0 saturated carbocycles. The summed E-state index contributed by atoms with van der Waals surface area (Å²) in [6.45, 7) is 0.435. The summed E-state index contributed by atoms with van der Waals surface area (Å²) in [6, 6.07) is 19.6. The maximum atomic E-state index is 12.3. The first kappa shape index (κ1) is 17.7. The van der Waals surface area contributed by atoms with E-state index >= 15 is 0 Å². The molecule has 0 N–H and O–H groups in total. The molecule has 150 valence electrons. The van der Waals surface area contributed by atoms with E-state index in [1.165, 1.54) is 0 Å². The molecule has 0 saturated heterocycles. The summed E-state index contributed by atoms with van der Waals surface area (Å²) in [6.07, 6.45) is 2.79. The van der Waals surface area contributed by atoms with E-state index < -0.39 is 0 Å². The molecule has 0 aliphatic carbocycles. The van der Waals surface area contributed by atoms with Gasteiger partial charge in [-0.3, -0.25) is 9.78 Å². The first-order valence-electron chi connectivity index (χ1n) is 10.1. The minimum Gasteiger partial charge on any atom is -0.492 e. The minimum absolute atomic E-state index is 0.0972. The number of benzene rings is 2. The van der Waals surface area contributed by atoms with E-state index in [9.17, 15) is 4.79 Å². The van der Waals surface area contributed by atoms with Gasteiger partial charge in [-0.05, 0) is 54.1 Å². The fourth-order valence-corrected chi connectivity index (χ4v) is 3.94. The SMILES string of the molecule is O=C1CCOc2ccc(-c3ccc4nnc(Cc5ccc6ncccc6c5)n4n3)cc21. The van der Waals surface area contributed by atoms with Crippen LogP contribution in [0.1, 0.15) is 28.2 Å². The van der Waals surface area contributed by atoms with Crippen molar-refractivity contribution in [2.75, 3.05) is 6.61 Å². The van der Waals surface area contributed by atoms with Gasteiger partial charge in [0.25, 0.3) is 0 Å². The number of pyridine rings is 1. The number of Topliss-reactive ketones (excluding diaryl/α,β-unsaturated/α-hetero) is 1. The van der Waals surface area contributed by atoms with Crippen molar-refractivity contribution in [3.63, 3.8) is 0 Å². The minimum atomic E-state index is 0.0972. The summed E-state index contributed by atoms with van der Waals surface area (Å²) in [5.74, 6) is 1.48. The number of carbonyl (C=O) groups excluding carboxylic acids is 1. The van der Waals surface area contributed by atoms with E-state index in [0.29, 0.717) is 36.4 Å². The third kappa shape index (κ3) is 3.11. The van der Waals surface area contributed by atoms with Gasteiger partial charge in [0, 0.05) is 30.0 Å². The van der Waals surface area contributed by atoms with Crippen molar-refractivity contribution >= 4 is 22.3 Å². The third-order valence-electron chi connectivity index (χ3n) is 5.52. The average Bonchev–Trinajstić information content (AvgIpc) is 3.21. The molecule has 4 heterocycles. The fraction of sp³-hybridized carbons (Fsp3) is 0.125. The molecule has 6 rings (SSSR count). The molecule has 1 aliphatic rings. The molecular weight excluding hydrogens is 390 g/mol. The highest BCUT2D eigenvalue weighted by atomic mass is 16.5. The quantitative estimate of drug-likeness (QED) is 0.451. The predicted octanol–water partition coefficient (Wildman–Crippen LogP) is 3.90. The van der Waals surface area contributed by atoms with Gasteiger partial charge in [-0.2, -0.15) is 9.61 Å². The summed E-state index contributed by atoms with van der Waals surface area (Å²) in [5, 5.41) is 14.5. The Morgan fingerprint density at radius 3 is 2.94 bits per heavy atom. The topological polar surface area (TPSA) is 82.3 Å². The lowest BCUT2D eigenvalue weighted by atomic mass is 10.0. The first-order chi connectivity index (χ1) is 15.2. The van der Waals surface area contributed by atoms with Crippen molar-refractivity contribution in [3.8, 4) is 17.0 Å². The molecule has 7 heteroatoms. The number of ether oxygens (including phenoxy) is 1. The lowest BCUT2D eigenvalue weighted by Crippen LogP contribution is -2.15. The summed E-state index contributed by atoms with van der Waals surface area (Å²) >= 11 is 0. The number of hydrogen-bond acceptors (Lipinski definition) is 6. The molecule has 7 nitrogen and oxygen atoms in total. The van der Waals surface area contributed by atoms with Crippen molar-refractivity contribution in [2.24, 2.45) is 0 Å². The van der Waals surface area contributed by atoms with Crippen molar-refractivity contribution in [1.82, 2.24) is 24.8 Å². The smallest absolute Gasteiger partial charge is 0.177 e. The van der Waals surface area contributed by atoms with Crippen LogP contribution < -0.4 is 4.74 Å². The predicted molar refractivity (Wildman–Crippen MR) is 115 cm³/mol. The summed E-state index contributed by atoms with van der Waals surface area (Å²) in [5.41, 5.74) is 4.97. The molecule has 0 radical (unpaired) electrons. The Balaban J connectivity index is 1.38. The average molecular weight is 407 g/mol. The molecule has 0 fully saturated rings. The van der Waals surface area contributed by atoms with E-state index in [4.69, 9.17) is 9.84 Å². The number of aromatic nitrogens is 5. The van der Waals surface area contributed by atoms with Gasteiger partial charge in [-0.25, -0.2) is 0 Å². The molecular formula is C24H17N5O2. The van der Waals surface area contributed by atoms with Crippen molar-refractivity contribution in [1.29, 1.82) is 0 Å². The van der Waals surface area contributed by atoms with Crippen LogP contribution in [0.2, 0.25) is 0 Å². The van der Waals surface area contributed by atoms with Gasteiger partial charge in [0.2, 0.25) is 0 Å². The molecule has 1 aliphatic heterocycles. The van der Waals surface area contributed by atoms with Crippen LogP contribution in [0.25, 0.3) is 27.8 Å². The van der Waals surface area contributed by atoms with Crippen LogP contribution in [-0.2, 0) is 6.42 Å². The largest absolute Gasteiger partial charge is 0.492 e. The molecule has 0 atom stereocenters. The third-order valence-corrected chi connectivity index (χ3v) is 5.52. The zero-order valence-corrected chi connectivity index (χ0v) is 16.5. The maximum absolute atomic E-state index is 12.3. The van der Waals surface area contributed by atoms with Crippen LogP contribution in [0.3, 0.4) is 0 Å². The van der Waals surface area contributed by atoms with Gasteiger partial charge in [0.1, 0.15) is 5.75 Å². The Labute approximate surface area is 177 Å². The van der Waals surface area contributed by atoms with Crippen LogP contribution in [0.5, 0.6) is 5.75 Å². The zero-order chi connectivity index (χ0) is 20.8. The van der Waals surface area contributed by atoms with Crippen LogP contribution >= 0.6 is 0 Å². The van der Waals surface area contributed by atoms with Crippen LogP contribution in [0, 0.1) is 0 Å². The van der Waals surface area contributed by atoms with E-state index in [1.807, 2.05) is 48.5 Å². The monoisotopic (exact) mass is 407 g/mol. The molecule has 31 heavy (non-hydrogen) atoms. The Kier molecular flexibility index (Phi) is 3.99. The molecule has 0 unspecified atom stereocenters. The fourth-order valence-electron chi connectivity index (χ4n) is 3.94. The number of carbonyl (C=O) groups is 1. The number of nitrogens with zero attached hydrogens (tertiary/aromatic N) is 5. The second-order valence-corrected chi connectivity index (χ2v) is 7.54. The molecule has 0 amide bonds. The van der Waals surface area contributed by atoms with Gasteiger partial charge < -0.3 is 4.74 Å². The van der Waals surface area contributed by atoms with Crippen molar-refractivity contribution in [3.05, 3.63) is 83.8 Å². The highest BCUT2D eigenvalue weighted by Gasteiger charge is 2.19. The summed E-state index contributed by atoms with van der Waals surface area (Å²) in [7, 11) is 0. The zero-order valence-electron chi connectivity index (χ0n) is 16.5. The lowest BCUT2D eigenvalue weighted by Gasteiger charge is -2.16. The van der Waals surface area contributed by atoms with Crippen LogP contribution in [0.15, 0.2) is 66.9 Å².